The molecule has 0 bridgehead atoms. The monoisotopic (exact) mass is 304 g/mol. The van der Waals surface area contributed by atoms with Gasteiger partial charge >= 0.3 is 0 Å². The van der Waals surface area contributed by atoms with Crippen LogP contribution in [0, 0.1) is 11.3 Å². The van der Waals surface area contributed by atoms with Crippen LogP contribution in [-0.2, 0) is 13.0 Å². The third kappa shape index (κ3) is 2.43. The van der Waals surface area contributed by atoms with Gasteiger partial charge in [0.15, 0.2) is 11.5 Å². The second-order valence-corrected chi connectivity index (χ2v) is 5.43. The molecule has 6 heteroatoms. The van der Waals surface area contributed by atoms with E-state index in [0.29, 0.717) is 17.3 Å². The molecular formula is C14H10Cl2N4. The molecule has 0 N–H and O–H groups in total. The topological polar surface area (TPSA) is 52.8 Å². The van der Waals surface area contributed by atoms with E-state index in [-0.39, 0.29) is 0 Å². The lowest BCUT2D eigenvalue weighted by Gasteiger charge is -2.30. The maximum absolute atomic E-state index is 8.73. The van der Waals surface area contributed by atoms with Gasteiger partial charge in [0.05, 0.1) is 0 Å². The molecule has 4 nitrogen and oxygen atoms in total. The zero-order valence-electron chi connectivity index (χ0n) is 10.5. The van der Waals surface area contributed by atoms with Crippen LogP contribution in [0.3, 0.4) is 0 Å². The number of halogens is 2. The standard InChI is InChI=1S/C14H10Cl2N4/c15-10-5-9-8-20(4-3-12(9)13(16)6-10)14-2-1-11(7-17)18-19-14/h1-2,5-6H,3-4,8H2. The molecule has 0 saturated carbocycles. The minimum atomic E-state index is 0.317. The van der Waals surface area contributed by atoms with Crippen molar-refractivity contribution >= 4 is 29.0 Å². The smallest absolute Gasteiger partial charge is 0.163 e. The lowest BCUT2D eigenvalue weighted by molar-refractivity contribution is 0.712. The van der Waals surface area contributed by atoms with Crippen molar-refractivity contribution in [3.05, 3.63) is 51.1 Å². The summed E-state index contributed by atoms with van der Waals surface area (Å²) in [6, 6.07) is 9.15. The first kappa shape index (κ1) is 13.2. The Bertz CT molecular complexity index is 692. The molecule has 0 aliphatic carbocycles. The first-order valence-corrected chi connectivity index (χ1v) is 6.88. The molecular weight excluding hydrogens is 295 g/mol. The molecule has 1 aliphatic heterocycles. The summed E-state index contributed by atoms with van der Waals surface area (Å²) >= 11 is 12.3. The van der Waals surface area contributed by atoms with Crippen molar-refractivity contribution in [2.75, 3.05) is 11.4 Å². The predicted molar refractivity (Wildman–Crippen MR) is 78.0 cm³/mol. The molecule has 1 aliphatic rings. The number of benzene rings is 1. The molecule has 0 spiro atoms. The molecule has 1 aromatic heterocycles. The van der Waals surface area contributed by atoms with Gasteiger partial charge in [0.2, 0.25) is 0 Å². The number of nitriles is 1. The molecule has 0 fully saturated rings. The summed E-state index contributed by atoms with van der Waals surface area (Å²) < 4.78 is 0. The molecule has 0 amide bonds. The van der Waals surface area contributed by atoms with Crippen molar-refractivity contribution in [3.63, 3.8) is 0 Å². The predicted octanol–water partition coefficient (Wildman–Crippen LogP) is 3.22. The molecule has 0 atom stereocenters. The van der Waals surface area contributed by atoms with Crippen molar-refractivity contribution in [1.29, 1.82) is 5.26 Å². The number of rotatable bonds is 1. The summed E-state index contributed by atoms with van der Waals surface area (Å²) in [6.45, 7) is 1.51. The molecule has 2 heterocycles. The van der Waals surface area contributed by atoms with E-state index in [4.69, 9.17) is 28.5 Å². The van der Waals surface area contributed by atoms with Gasteiger partial charge in [0, 0.05) is 23.1 Å². The summed E-state index contributed by atoms with van der Waals surface area (Å²) in [5.74, 6) is 0.755. The van der Waals surface area contributed by atoms with Gasteiger partial charge in [-0.3, -0.25) is 0 Å². The fourth-order valence-corrected chi connectivity index (χ4v) is 2.99. The van der Waals surface area contributed by atoms with Crippen LogP contribution in [0.4, 0.5) is 5.82 Å². The molecule has 0 radical (unpaired) electrons. The van der Waals surface area contributed by atoms with Gasteiger partial charge in [-0.1, -0.05) is 23.2 Å². The number of hydrogen-bond donors (Lipinski definition) is 0. The fourth-order valence-electron chi connectivity index (χ4n) is 2.36. The van der Waals surface area contributed by atoms with E-state index in [9.17, 15) is 0 Å². The van der Waals surface area contributed by atoms with Crippen LogP contribution in [0.2, 0.25) is 10.0 Å². The number of hydrogen-bond acceptors (Lipinski definition) is 4. The van der Waals surface area contributed by atoms with Gasteiger partial charge in [-0.15, -0.1) is 10.2 Å². The van der Waals surface area contributed by atoms with E-state index in [0.717, 1.165) is 34.9 Å². The van der Waals surface area contributed by atoms with Crippen LogP contribution < -0.4 is 4.90 Å². The highest BCUT2D eigenvalue weighted by Gasteiger charge is 2.20. The summed E-state index contributed by atoms with van der Waals surface area (Å²) in [5, 5.41) is 18.0. The lowest BCUT2D eigenvalue weighted by Crippen LogP contribution is -2.31. The maximum atomic E-state index is 8.73. The third-order valence-electron chi connectivity index (χ3n) is 3.33. The summed E-state index contributed by atoms with van der Waals surface area (Å²) in [6.07, 6.45) is 0.840. The second kappa shape index (κ2) is 5.28. The van der Waals surface area contributed by atoms with Gasteiger partial charge < -0.3 is 4.90 Å². The Morgan fingerprint density at radius 3 is 2.75 bits per heavy atom. The molecule has 3 rings (SSSR count). The average Bonchev–Trinajstić information content (AvgIpc) is 2.46. The largest absolute Gasteiger partial charge is 0.350 e. The quantitative estimate of drug-likeness (QED) is 0.812. The highest BCUT2D eigenvalue weighted by atomic mass is 35.5. The van der Waals surface area contributed by atoms with Gasteiger partial charge in [0.1, 0.15) is 6.07 Å². The van der Waals surface area contributed by atoms with Crippen molar-refractivity contribution < 1.29 is 0 Å². The Hall–Kier alpha value is -1.83. The summed E-state index contributed by atoms with van der Waals surface area (Å²) in [7, 11) is 0. The van der Waals surface area contributed by atoms with Crippen molar-refractivity contribution in [2.45, 2.75) is 13.0 Å². The summed E-state index contributed by atoms with van der Waals surface area (Å²) in [5.41, 5.74) is 2.58. The zero-order valence-corrected chi connectivity index (χ0v) is 12.0. The SMILES string of the molecule is N#Cc1ccc(N2CCc3c(Cl)cc(Cl)cc3C2)nn1. The zero-order chi connectivity index (χ0) is 14.1. The van der Waals surface area contributed by atoms with E-state index < -0.39 is 0 Å². The minimum absolute atomic E-state index is 0.317. The molecule has 100 valence electrons. The third-order valence-corrected chi connectivity index (χ3v) is 3.89. The van der Waals surface area contributed by atoms with Crippen LogP contribution in [0.25, 0.3) is 0 Å². The molecule has 1 aromatic carbocycles. The highest BCUT2D eigenvalue weighted by Crippen LogP contribution is 2.31. The van der Waals surface area contributed by atoms with E-state index in [1.807, 2.05) is 18.2 Å². The van der Waals surface area contributed by atoms with Crippen molar-refractivity contribution in [2.24, 2.45) is 0 Å². The van der Waals surface area contributed by atoms with Gasteiger partial charge in [-0.25, -0.2) is 0 Å². The van der Waals surface area contributed by atoms with Gasteiger partial charge in [-0.2, -0.15) is 5.26 Å². The Labute approximate surface area is 126 Å². The van der Waals surface area contributed by atoms with Gasteiger partial charge in [0.25, 0.3) is 0 Å². The molecule has 0 saturated heterocycles. The molecule has 20 heavy (non-hydrogen) atoms. The van der Waals surface area contributed by atoms with Gasteiger partial charge in [-0.05, 0) is 41.8 Å². The number of anilines is 1. The average molecular weight is 305 g/mol. The van der Waals surface area contributed by atoms with Crippen molar-refractivity contribution in [3.8, 4) is 6.07 Å². The van der Waals surface area contributed by atoms with Crippen LogP contribution in [0.5, 0.6) is 0 Å². The Morgan fingerprint density at radius 2 is 2.05 bits per heavy atom. The van der Waals surface area contributed by atoms with Crippen LogP contribution >= 0.6 is 23.2 Å². The van der Waals surface area contributed by atoms with Crippen LogP contribution in [-0.4, -0.2) is 16.7 Å². The van der Waals surface area contributed by atoms with E-state index >= 15 is 0 Å². The van der Waals surface area contributed by atoms with E-state index in [2.05, 4.69) is 15.1 Å². The molecule has 2 aromatic rings. The number of fused-ring (bicyclic) bond motifs is 1. The minimum Gasteiger partial charge on any atom is -0.350 e. The second-order valence-electron chi connectivity index (χ2n) is 4.59. The highest BCUT2D eigenvalue weighted by molar-refractivity contribution is 6.35. The number of aromatic nitrogens is 2. The van der Waals surface area contributed by atoms with E-state index in [1.165, 1.54) is 0 Å². The fraction of sp³-hybridized carbons (Fsp3) is 0.214. The Kier molecular flexibility index (Phi) is 3.47. The lowest BCUT2D eigenvalue weighted by atomic mass is 10.00. The molecule has 0 unspecified atom stereocenters. The van der Waals surface area contributed by atoms with Crippen LogP contribution in [0.15, 0.2) is 24.3 Å². The Balaban J connectivity index is 1.90. The maximum Gasteiger partial charge on any atom is 0.163 e. The van der Waals surface area contributed by atoms with Crippen molar-refractivity contribution in [1.82, 2.24) is 10.2 Å². The van der Waals surface area contributed by atoms with E-state index in [1.54, 1.807) is 12.1 Å². The van der Waals surface area contributed by atoms with Crippen LogP contribution in [0.1, 0.15) is 16.8 Å². The normalized spacial score (nSPS) is 13.8. The first-order chi connectivity index (χ1) is 9.67. The summed E-state index contributed by atoms with van der Waals surface area (Å²) in [4.78, 5) is 2.10. The Morgan fingerprint density at radius 1 is 1.20 bits per heavy atom. The first-order valence-electron chi connectivity index (χ1n) is 6.13. The number of nitrogens with zero attached hydrogens (tertiary/aromatic N) is 4.